The van der Waals surface area contributed by atoms with Crippen LogP contribution in [0.3, 0.4) is 0 Å². The highest BCUT2D eigenvalue weighted by atomic mass is 32.1. The molecule has 6 heteroatoms. The number of hydrogen-bond acceptors (Lipinski definition) is 6. The summed E-state index contributed by atoms with van der Waals surface area (Å²) in [6.07, 6.45) is 0. The van der Waals surface area contributed by atoms with E-state index in [0.29, 0.717) is 10.3 Å². The SMILES string of the molecule is Cc1csc(N)n1.Nc1nc(-c2ccccc2)cs1. The Morgan fingerprint density at radius 2 is 1.53 bits per heavy atom. The number of aryl methyl sites for hydroxylation is 1. The largest absolute Gasteiger partial charge is 0.375 e. The summed E-state index contributed by atoms with van der Waals surface area (Å²) < 4.78 is 0. The molecule has 4 nitrogen and oxygen atoms in total. The lowest BCUT2D eigenvalue weighted by Crippen LogP contribution is -1.82. The molecule has 0 bridgehead atoms. The number of aromatic nitrogens is 2. The third kappa shape index (κ3) is 4.04. The lowest BCUT2D eigenvalue weighted by atomic mass is 10.2. The van der Waals surface area contributed by atoms with Crippen molar-refractivity contribution in [3.8, 4) is 11.3 Å². The van der Waals surface area contributed by atoms with E-state index in [1.54, 1.807) is 0 Å². The number of rotatable bonds is 1. The summed E-state index contributed by atoms with van der Waals surface area (Å²) in [5, 5.41) is 5.16. The molecule has 19 heavy (non-hydrogen) atoms. The summed E-state index contributed by atoms with van der Waals surface area (Å²) in [7, 11) is 0. The van der Waals surface area contributed by atoms with Crippen LogP contribution in [0.5, 0.6) is 0 Å². The fourth-order valence-corrected chi connectivity index (χ4v) is 2.51. The number of nitrogen functional groups attached to an aromatic ring is 2. The second-order valence-corrected chi connectivity index (χ2v) is 5.54. The molecule has 0 saturated heterocycles. The normalized spacial score (nSPS) is 9.74. The first-order valence-electron chi connectivity index (χ1n) is 5.59. The highest BCUT2D eigenvalue weighted by Gasteiger charge is 1.99. The summed E-state index contributed by atoms with van der Waals surface area (Å²) >= 11 is 2.94. The number of nitrogens with zero attached hydrogens (tertiary/aromatic N) is 2. The van der Waals surface area contributed by atoms with Crippen LogP contribution in [0.25, 0.3) is 11.3 Å². The Bertz CT molecular complexity index is 614. The third-order valence-corrected chi connectivity index (χ3v) is 3.69. The van der Waals surface area contributed by atoms with Gasteiger partial charge in [-0.05, 0) is 6.92 Å². The van der Waals surface area contributed by atoms with Crippen LogP contribution in [0.2, 0.25) is 0 Å². The molecule has 4 N–H and O–H groups in total. The molecule has 0 fully saturated rings. The minimum atomic E-state index is 0.619. The predicted octanol–water partition coefficient (Wildman–Crippen LogP) is 3.43. The predicted molar refractivity (Wildman–Crippen MR) is 83.2 cm³/mol. The maximum Gasteiger partial charge on any atom is 0.180 e. The van der Waals surface area contributed by atoms with Crippen molar-refractivity contribution >= 4 is 32.9 Å². The zero-order chi connectivity index (χ0) is 13.7. The quantitative estimate of drug-likeness (QED) is 0.719. The minimum Gasteiger partial charge on any atom is -0.375 e. The van der Waals surface area contributed by atoms with E-state index in [2.05, 4.69) is 9.97 Å². The van der Waals surface area contributed by atoms with Crippen LogP contribution in [0.15, 0.2) is 41.1 Å². The number of thiazole rings is 2. The van der Waals surface area contributed by atoms with Crippen LogP contribution in [0, 0.1) is 6.92 Å². The van der Waals surface area contributed by atoms with Crippen molar-refractivity contribution in [2.75, 3.05) is 11.5 Å². The Balaban J connectivity index is 0.000000163. The van der Waals surface area contributed by atoms with Crippen LogP contribution in [0.4, 0.5) is 10.3 Å². The Kier molecular flexibility index (Phi) is 4.48. The van der Waals surface area contributed by atoms with Gasteiger partial charge in [-0.2, -0.15) is 0 Å². The zero-order valence-electron chi connectivity index (χ0n) is 10.4. The molecule has 0 aliphatic heterocycles. The molecule has 0 spiro atoms. The highest BCUT2D eigenvalue weighted by Crippen LogP contribution is 2.22. The molecule has 0 radical (unpaired) electrons. The van der Waals surface area contributed by atoms with Gasteiger partial charge in [0.2, 0.25) is 0 Å². The van der Waals surface area contributed by atoms with Gasteiger partial charge in [0.15, 0.2) is 10.3 Å². The van der Waals surface area contributed by atoms with Crippen molar-refractivity contribution in [3.63, 3.8) is 0 Å². The van der Waals surface area contributed by atoms with Crippen molar-refractivity contribution in [1.29, 1.82) is 0 Å². The standard InChI is InChI=1S/C9H8N2S.C4H6N2S/c10-9-11-8(6-12-9)7-4-2-1-3-5-7;1-3-2-7-4(5)6-3/h1-6H,(H2,10,11);2H,1H3,(H2,5,6). The molecule has 0 atom stereocenters. The second kappa shape index (κ2) is 6.31. The van der Waals surface area contributed by atoms with Gasteiger partial charge in [-0.25, -0.2) is 9.97 Å². The molecular weight excluding hydrogens is 276 g/mol. The monoisotopic (exact) mass is 290 g/mol. The molecule has 0 saturated carbocycles. The third-order valence-electron chi connectivity index (χ3n) is 2.23. The maximum absolute atomic E-state index is 5.52. The summed E-state index contributed by atoms with van der Waals surface area (Å²) in [5.74, 6) is 0. The van der Waals surface area contributed by atoms with Gasteiger partial charge in [0.1, 0.15) is 0 Å². The Hall–Kier alpha value is -1.92. The van der Waals surface area contributed by atoms with Crippen molar-refractivity contribution in [3.05, 3.63) is 46.8 Å². The fraction of sp³-hybridized carbons (Fsp3) is 0.0769. The molecule has 0 aliphatic rings. The Labute approximate surface area is 119 Å². The van der Waals surface area contributed by atoms with Gasteiger partial charge in [0, 0.05) is 16.3 Å². The van der Waals surface area contributed by atoms with Gasteiger partial charge < -0.3 is 11.5 Å². The number of hydrogen-bond donors (Lipinski definition) is 2. The van der Waals surface area contributed by atoms with E-state index in [1.807, 2.05) is 48.0 Å². The molecule has 3 rings (SSSR count). The van der Waals surface area contributed by atoms with Crippen LogP contribution < -0.4 is 11.5 Å². The first kappa shape index (κ1) is 13.5. The van der Waals surface area contributed by atoms with E-state index in [1.165, 1.54) is 22.7 Å². The second-order valence-electron chi connectivity index (χ2n) is 3.76. The lowest BCUT2D eigenvalue weighted by molar-refractivity contribution is 1.27. The summed E-state index contributed by atoms with van der Waals surface area (Å²) in [5.41, 5.74) is 13.9. The smallest absolute Gasteiger partial charge is 0.180 e. The average molecular weight is 290 g/mol. The van der Waals surface area contributed by atoms with Crippen LogP contribution >= 0.6 is 22.7 Å². The summed E-state index contributed by atoms with van der Waals surface area (Å²) in [6.45, 7) is 1.92. The van der Waals surface area contributed by atoms with Gasteiger partial charge in [-0.3, -0.25) is 0 Å². The van der Waals surface area contributed by atoms with Crippen molar-refractivity contribution in [2.24, 2.45) is 0 Å². The highest BCUT2D eigenvalue weighted by molar-refractivity contribution is 7.14. The molecule has 2 aromatic heterocycles. The van der Waals surface area contributed by atoms with Crippen LogP contribution in [0.1, 0.15) is 5.69 Å². The van der Waals surface area contributed by atoms with Crippen LogP contribution in [-0.4, -0.2) is 9.97 Å². The van der Waals surface area contributed by atoms with Gasteiger partial charge >= 0.3 is 0 Å². The van der Waals surface area contributed by atoms with Crippen molar-refractivity contribution < 1.29 is 0 Å². The first-order valence-corrected chi connectivity index (χ1v) is 7.35. The molecule has 3 aromatic rings. The van der Waals surface area contributed by atoms with Gasteiger partial charge in [0.25, 0.3) is 0 Å². The van der Waals surface area contributed by atoms with Gasteiger partial charge in [-0.15, -0.1) is 22.7 Å². The molecule has 2 heterocycles. The van der Waals surface area contributed by atoms with E-state index >= 15 is 0 Å². The topological polar surface area (TPSA) is 77.8 Å². The first-order chi connectivity index (χ1) is 9.15. The van der Waals surface area contributed by atoms with Gasteiger partial charge in [0.05, 0.1) is 11.4 Å². The summed E-state index contributed by atoms with van der Waals surface area (Å²) in [6, 6.07) is 10.0. The Morgan fingerprint density at radius 3 is 1.95 bits per heavy atom. The minimum absolute atomic E-state index is 0.619. The fourth-order valence-electron chi connectivity index (χ4n) is 1.40. The van der Waals surface area contributed by atoms with Gasteiger partial charge in [-0.1, -0.05) is 30.3 Å². The molecular formula is C13H14N4S2. The molecule has 0 unspecified atom stereocenters. The molecule has 98 valence electrons. The molecule has 0 aliphatic carbocycles. The number of nitrogens with two attached hydrogens (primary N) is 2. The maximum atomic E-state index is 5.52. The number of anilines is 2. The van der Waals surface area contributed by atoms with Crippen LogP contribution in [-0.2, 0) is 0 Å². The van der Waals surface area contributed by atoms with E-state index in [-0.39, 0.29) is 0 Å². The lowest BCUT2D eigenvalue weighted by Gasteiger charge is -1.92. The summed E-state index contributed by atoms with van der Waals surface area (Å²) in [4.78, 5) is 8.08. The molecule has 1 aromatic carbocycles. The molecule has 0 amide bonds. The zero-order valence-corrected chi connectivity index (χ0v) is 12.0. The number of benzene rings is 1. The Morgan fingerprint density at radius 1 is 0.895 bits per heavy atom. The van der Waals surface area contributed by atoms with E-state index in [4.69, 9.17) is 11.5 Å². The average Bonchev–Trinajstić information content (AvgIpc) is 3.00. The van der Waals surface area contributed by atoms with E-state index in [9.17, 15) is 0 Å². The van der Waals surface area contributed by atoms with E-state index in [0.717, 1.165) is 17.0 Å². The van der Waals surface area contributed by atoms with E-state index < -0.39 is 0 Å². The van der Waals surface area contributed by atoms with Crippen molar-refractivity contribution in [1.82, 2.24) is 9.97 Å². The van der Waals surface area contributed by atoms with Crippen molar-refractivity contribution in [2.45, 2.75) is 6.92 Å².